The van der Waals surface area contributed by atoms with Crippen LogP contribution in [0.4, 0.5) is 0 Å². The van der Waals surface area contributed by atoms with Gasteiger partial charge in [-0.2, -0.15) is 0 Å². The highest BCUT2D eigenvalue weighted by Gasteiger charge is 2.18. The van der Waals surface area contributed by atoms with E-state index < -0.39 is 0 Å². The van der Waals surface area contributed by atoms with Crippen molar-refractivity contribution in [3.05, 3.63) is 76.4 Å². The van der Waals surface area contributed by atoms with Crippen LogP contribution in [-0.4, -0.2) is 42.0 Å². The molecule has 1 N–H and O–H groups in total. The van der Waals surface area contributed by atoms with Gasteiger partial charge < -0.3 is 10.2 Å². The standard InChI is InChI=1S/C21H20ClN3O/c22-19-14-17(12-15-4-2-1-3-5-15)24-20-13-16(6-7-18(19)20)21(26)25-10-8-23-9-11-25/h1-7,13-14,23H,8-12H2. The smallest absolute Gasteiger partial charge is 0.254 e. The third kappa shape index (κ3) is 3.57. The fourth-order valence-corrected chi connectivity index (χ4v) is 3.60. The Kier molecular flexibility index (Phi) is 4.87. The molecule has 0 spiro atoms. The van der Waals surface area contributed by atoms with Crippen LogP contribution in [0.15, 0.2) is 54.6 Å². The van der Waals surface area contributed by atoms with Crippen molar-refractivity contribution in [2.24, 2.45) is 0 Å². The van der Waals surface area contributed by atoms with Crippen LogP contribution < -0.4 is 5.32 Å². The fourth-order valence-electron chi connectivity index (χ4n) is 3.32. The van der Waals surface area contributed by atoms with E-state index >= 15 is 0 Å². The Balaban J connectivity index is 1.66. The molecule has 1 aliphatic heterocycles. The minimum absolute atomic E-state index is 0.0554. The molecule has 0 radical (unpaired) electrons. The van der Waals surface area contributed by atoms with E-state index in [9.17, 15) is 4.79 Å². The molecule has 3 aromatic rings. The summed E-state index contributed by atoms with van der Waals surface area (Å²) in [6.45, 7) is 3.15. The number of nitrogens with one attached hydrogen (secondary N) is 1. The topological polar surface area (TPSA) is 45.2 Å². The van der Waals surface area contributed by atoms with E-state index in [0.29, 0.717) is 17.0 Å². The second-order valence-corrected chi connectivity index (χ2v) is 6.94. The van der Waals surface area contributed by atoms with Crippen molar-refractivity contribution < 1.29 is 4.79 Å². The van der Waals surface area contributed by atoms with Gasteiger partial charge in [-0.05, 0) is 23.8 Å². The lowest BCUT2D eigenvalue weighted by molar-refractivity contribution is 0.0736. The van der Waals surface area contributed by atoms with Gasteiger partial charge in [0, 0.05) is 49.2 Å². The molecule has 0 unspecified atom stereocenters. The number of rotatable bonds is 3. The molecule has 0 aliphatic carbocycles. The van der Waals surface area contributed by atoms with Gasteiger partial charge in [0.05, 0.1) is 10.5 Å². The molecule has 4 nitrogen and oxygen atoms in total. The fraction of sp³-hybridized carbons (Fsp3) is 0.238. The van der Waals surface area contributed by atoms with Crippen molar-refractivity contribution >= 4 is 28.4 Å². The second-order valence-electron chi connectivity index (χ2n) is 6.53. The van der Waals surface area contributed by atoms with Gasteiger partial charge in [-0.1, -0.05) is 48.0 Å². The lowest BCUT2D eigenvalue weighted by atomic mass is 10.1. The molecular weight excluding hydrogens is 346 g/mol. The summed E-state index contributed by atoms with van der Waals surface area (Å²) >= 11 is 6.47. The molecule has 26 heavy (non-hydrogen) atoms. The molecule has 2 heterocycles. The number of carbonyl (C=O) groups is 1. The van der Waals surface area contributed by atoms with Crippen LogP contribution in [0.3, 0.4) is 0 Å². The zero-order valence-electron chi connectivity index (χ0n) is 14.4. The quantitative estimate of drug-likeness (QED) is 0.772. The van der Waals surface area contributed by atoms with Gasteiger partial charge in [-0.25, -0.2) is 0 Å². The lowest BCUT2D eigenvalue weighted by Crippen LogP contribution is -2.46. The first-order valence-electron chi connectivity index (χ1n) is 8.84. The van der Waals surface area contributed by atoms with E-state index in [4.69, 9.17) is 16.6 Å². The normalized spacial score (nSPS) is 14.6. The van der Waals surface area contributed by atoms with Crippen LogP contribution in [0.5, 0.6) is 0 Å². The average Bonchev–Trinajstić information content (AvgIpc) is 2.68. The molecule has 2 aromatic carbocycles. The Hall–Kier alpha value is -2.43. The van der Waals surface area contributed by atoms with Crippen LogP contribution in [-0.2, 0) is 6.42 Å². The van der Waals surface area contributed by atoms with E-state index in [1.807, 2.05) is 47.4 Å². The average molecular weight is 366 g/mol. The third-order valence-corrected chi connectivity index (χ3v) is 5.00. The number of amides is 1. The minimum Gasteiger partial charge on any atom is -0.336 e. The van der Waals surface area contributed by atoms with Crippen molar-refractivity contribution in [2.75, 3.05) is 26.2 Å². The largest absolute Gasteiger partial charge is 0.336 e. The van der Waals surface area contributed by atoms with Crippen molar-refractivity contribution in [3.63, 3.8) is 0 Å². The molecule has 1 saturated heterocycles. The van der Waals surface area contributed by atoms with Gasteiger partial charge in [0.1, 0.15) is 0 Å². The van der Waals surface area contributed by atoms with Crippen molar-refractivity contribution in [3.8, 4) is 0 Å². The van der Waals surface area contributed by atoms with Crippen LogP contribution >= 0.6 is 11.6 Å². The molecule has 1 amide bonds. The number of carbonyl (C=O) groups excluding carboxylic acids is 1. The van der Waals surface area contributed by atoms with E-state index in [1.54, 1.807) is 0 Å². The van der Waals surface area contributed by atoms with Crippen LogP contribution in [0.2, 0.25) is 5.02 Å². The van der Waals surface area contributed by atoms with Gasteiger partial charge in [-0.3, -0.25) is 9.78 Å². The molecule has 1 aromatic heterocycles. The summed E-state index contributed by atoms with van der Waals surface area (Å²) in [5.41, 5.74) is 3.52. The molecule has 4 rings (SSSR count). The SMILES string of the molecule is O=C(c1ccc2c(Cl)cc(Cc3ccccc3)nc2c1)N1CCNCC1. The summed E-state index contributed by atoms with van der Waals surface area (Å²) < 4.78 is 0. The Morgan fingerprint density at radius 1 is 1.08 bits per heavy atom. The molecule has 0 atom stereocenters. The van der Waals surface area contributed by atoms with E-state index in [-0.39, 0.29) is 5.91 Å². The highest BCUT2D eigenvalue weighted by Crippen LogP contribution is 2.25. The molecule has 0 saturated carbocycles. The summed E-state index contributed by atoms with van der Waals surface area (Å²) in [5.74, 6) is 0.0554. The lowest BCUT2D eigenvalue weighted by Gasteiger charge is -2.27. The minimum atomic E-state index is 0.0554. The van der Waals surface area contributed by atoms with Gasteiger partial charge in [-0.15, -0.1) is 0 Å². The summed E-state index contributed by atoms with van der Waals surface area (Å²) in [6.07, 6.45) is 0.715. The highest BCUT2D eigenvalue weighted by atomic mass is 35.5. The maximum absolute atomic E-state index is 12.7. The van der Waals surface area contributed by atoms with Crippen LogP contribution in [0.1, 0.15) is 21.6 Å². The number of nitrogens with zero attached hydrogens (tertiary/aromatic N) is 2. The van der Waals surface area contributed by atoms with Crippen LogP contribution in [0.25, 0.3) is 10.9 Å². The summed E-state index contributed by atoms with van der Waals surface area (Å²) in [7, 11) is 0. The van der Waals surface area contributed by atoms with E-state index in [0.717, 1.165) is 42.8 Å². The van der Waals surface area contributed by atoms with Gasteiger partial charge >= 0.3 is 0 Å². The number of pyridine rings is 1. The number of halogens is 1. The molecule has 1 fully saturated rings. The number of piperazine rings is 1. The maximum Gasteiger partial charge on any atom is 0.254 e. The number of benzene rings is 2. The zero-order chi connectivity index (χ0) is 17.9. The molecule has 5 heteroatoms. The maximum atomic E-state index is 12.7. The zero-order valence-corrected chi connectivity index (χ0v) is 15.2. The van der Waals surface area contributed by atoms with Crippen molar-refractivity contribution in [1.82, 2.24) is 15.2 Å². The van der Waals surface area contributed by atoms with Crippen molar-refractivity contribution in [1.29, 1.82) is 0 Å². The Morgan fingerprint density at radius 3 is 2.62 bits per heavy atom. The predicted molar refractivity (Wildman–Crippen MR) is 105 cm³/mol. The number of hydrogen-bond donors (Lipinski definition) is 1. The summed E-state index contributed by atoms with van der Waals surface area (Å²) in [4.78, 5) is 19.4. The molecule has 1 aliphatic rings. The van der Waals surface area contributed by atoms with Gasteiger partial charge in [0.15, 0.2) is 0 Å². The predicted octanol–water partition coefficient (Wildman–Crippen LogP) is 3.52. The first-order valence-corrected chi connectivity index (χ1v) is 9.21. The first kappa shape index (κ1) is 17.0. The van der Waals surface area contributed by atoms with Crippen LogP contribution in [0, 0.1) is 0 Å². The third-order valence-electron chi connectivity index (χ3n) is 4.69. The second kappa shape index (κ2) is 7.44. The van der Waals surface area contributed by atoms with Gasteiger partial charge in [0.25, 0.3) is 5.91 Å². The van der Waals surface area contributed by atoms with Gasteiger partial charge in [0.2, 0.25) is 0 Å². The summed E-state index contributed by atoms with van der Waals surface area (Å²) in [6, 6.07) is 17.7. The molecule has 0 bridgehead atoms. The summed E-state index contributed by atoms with van der Waals surface area (Å²) in [5, 5.41) is 4.81. The Labute approximate surface area is 157 Å². The van der Waals surface area contributed by atoms with E-state index in [2.05, 4.69) is 17.4 Å². The Bertz CT molecular complexity index is 937. The van der Waals surface area contributed by atoms with Crippen molar-refractivity contribution in [2.45, 2.75) is 6.42 Å². The Morgan fingerprint density at radius 2 is 1.85 bits per heavy atom. The number of hydrogen-bond acceptors (Lipinski definition) is 3. The molecule has 132 valence electrons. The van der Waals surface area contributed by atoms with E-state index in [1.165, 1.54) is 5.56 Å². The first-order chi connectivity index (χ1) is 12.7. The number of aromatic nitrogens is 1. The monoisotopic (exact) mass is 365 g/mol. The number of fused-ring (bicyclic) bond motifs is 1. The molecular formula is C21H20ClN3O. The highest BCUT2D eigenvalue weighted by molar-refractivity contribution is 6.35.